The number of anilines is 1. The second-order valence-corrected chi connectivity index (χ2v) is 6.41. The Morgan fingerprint density at radius 1 is 0.950 bits per heavy atom. The lowest BCUT2D eigenvalue weighted by Crippen LogP contribution is -2.30. The van der Waals surface area contributed by atoms with Gasteiger partial charge in [0.2, 0.25) is 0 Å². The summed E-state index contributed by atoms with van der Waals surface area (Å²) in [5.74, 6) is 2.55. The molecule has 2 aromatic rings. The molecule has 1 aromatic carbocycles. The SMILES string of the molecule is Cc1nc2ccccc2nc1NC1CC(C)CC(C)C1. The smallest absolute Gasteiger partial charge is 0.148 e. The van der Waals surface area contributed by atoms with E-state index < -0.39 is 0 Å². The second kappa shape index (κ2) is 5.39. The molecular formula is C17H23N3. The third kappa shape index (κ3) is 2.77. The molecule has 1 aliphatic carbocycles. The van der Waals surface area contributed by atoms with Crippen molar-refractivity contribution in [3.63, 3.8) is 0 Å². The Morgan fingerprint density at radius 3 is 2.20 bits per heavy atom. The summed E-state index contributed by atoms with van der Waals surface area (Å²) in [5, 5.41) is 3.63. The fourth-order valence-corrected chi connectivity index (χ4v) is 3.48. The van der Waals surface area contributed by atoms with Crippen LogP contribution < -0.4 is 5.32 Å². The van der Waals surface area contributed by atoms with Crippen molar-refractivity contribution in [1.29, 1.82) is 0 Å². The first-order valence-corrected chi connectivity index (χ1v) is 7.61. The predicted molar refractivity (Wildman–Crippen MR) is 83.9 cm³/mol. The van der Waals surface area contributed by atoms with Crippen molar-refractivity contribution in [2.24, 2.45) is 11.8 Å². The number of para-hydroxylation sites is 2. The Morgan fingerprint density at radius 2 is 1.55 bits per heavy atom. The Kier molecular flexibility index (Phi) is 3.60. The van der Waals surface area contributed by atoms with Gasteiger partial charge in [0, 0.05) is 6.04 Å². The van der Waals surface area contributed by atoms with Gasteiger partial charge in [-0.1, -0.05) is 26.0 Å². The van der Waals surface area contributed by atoms with Crippen LogP contribution in [-0.4, -0.2) is 16.0 Å². The van der Waals surface area contributed by atoms with Crippen LogP contribution in [0.1, 0.15) is 38.8 Å². The zero-order chi connectivity index (χ0) is 14.1. The fraction of sp³-hybridized carbons (Fsp3) is 0.529. The third-order valence-electron chi connectivity index (χ3n) is 4.26. The van der Waals surface area contributed by atoms with E-state index in [0.29, 0.717) is 6.04 Å². The summed E-state index contributed by atoms with van der Waals surface area (Å²) >= 11 is 0. The zero-order valence-corrected chi connectivity index (χ0v) is 12.6. The average molecular weight is 269 g/mol. The summed E-state index contributed by atoms with van der Waals surface area (Å²) < 4.78 is 0. The number of aryl methyl sites for hydroxylation is 1. The lowest BCUT2D eigenvalue weighted by molar-refractivity contribution is 0.280. The van der Waals surface area contributed by atoms with Crippen molar-refractivity contribution in [1.82, 2.24) is 9.97 Å². The summed E-state index contributed by atoms with van der Waals surface area (Å²) in [6.45, 7) is 6.74. The number of hydrogen-bond acceptors (Lipinski definition) is 3. The van der Waals surface area contributed by atoms with Crippen LogP contribution in [0, 0.1) is 18.8 Å². The van der Waals surface area contributed by atoms with Gasteiger partial charge in [-0.2, -0.15) is 0 Å². The van der Waals surface area contributed by atoms with Crippen LogP contribution in [0.2, 0.25) is 0 Å². The molecular weight excluding hydrogens is 246 g/mol. The molecule has 0 amide bonds. The molecule has 1 N–H and O–H groups in total. The Bertz CT molecular complexity index is 598. The Balaban J connectivity index is 1.85. The molecule has 1 saturated carbocycles. The van der Waals surface area contributed by atoms with Crippen LogP contribution in [-0.2, 0) is 0 Å². The van der Waals surface area contributed by atoms with Crippen molar-refractivity contribution >= 4 is 16.9 Å². The van der Waals surface area contributed by atoms with Crippen molar-refractivity contribution in [3.8, 4) is 0 Å². The van der Waals surface area contributed by atoms with Crippen molar-refractivity contribution in [2.75, 3.05) is 5.32 Å². The van der Waals surface area contributed by atoms with Crippen LogP contribution in [0.25, 0.3) is 11.0 Å². The van der Waals surface area contributed by atoms with E-state index >= 15 is 0 Å². The van der Waals surface area contributed by atoms with Gasteiger partial charge in [0.05, 0.1) is 16.7 Å². The van der Waals surface area contributed by atoms with E-state index in [1.807, 2.05) is 31.2 Å². The highest BCUT2D eigenvalue weighted by atomic mass is 15.0. The quantitative estimate of drug-likeness (QED) is 0.889. The van der Waals surface area contributed by atoms with Crippen LogP contribution >= 0.6 is 0 Å². The van der Waals surface area contributed by atoms with Crippen LogP contribution in [0.15, 0.2) is 24.3 Å². The number of aromatic nitrogens is 2. The summed E-state index contributed by atoms with van der Waals surface area (Å²) in [6, 6.07) is 8.60. The number of nitrogens with one attached hydrogen (secondary N) is 1. The average Bonchev–Trinajstić information content (AvgIpc) is 2.38. The third-order valence-corrected chi connectivity index (χ3v) is 4.26. The number of hydrogen-bond donors (Lipinski definition) is 1. The van der Waals surface area contributed by atoms with Gasteiger partial charge in [0.15, 0.2) is 0 Å². The number of fused-ring (bicyclic) bond motifs is 1. The molecule has 1 fully saturated rings. The monoisotopic (exact) mass is 269 g/mol. The molecule has 106 valence electrons. The van der Waals surface area contributed by atoms with Gasteiger partial charge in [0.1, 0.15) is 5.82 Å². The lowest BCUT2D eigenvalue weighted by Gasteiger charge is -2.32. The van der Waals surface area contributed by atoms with Gasteiger partial charge in [-0.05, 0) is 50.2 Å². The Hall–Kier alpha value is -1.64. The zero-order valence-electron chi connectivity index (χ0n) is 12.6. The van der Waals surface area contributed by atoms with E-state index in [1.165, 1.54) is 19.3 Å². The van der Waals surface area contributed by atoms with E-state index in [1.54, 1.807) is 0 Å². The minimum Gasteiger partial charge on any atom is -0.366 e. The molecule has 3 heteroatoms. The predicted octanol–water partition coefficient (Wildman–Crippen LogP) is 4.17. The molecule has 2 atom stereocenters. The van der Waals surface area contributed by atoms with Gasteiger partial charge >= 0.3 is 0 Å². The van der Waals surface area contributed by atoms with Gasteiger partial charge in [-0.15, -0.1) is 0 Å². The molecule has 1 aliphatic rings. The van der Waals surface area contributed by atoms with Crippen LogP contribution in [0.3, 0.4) is 0 Å². The molecule has 0 bridgehead atoms. The highest BCUT2D eigenvalue weighted by Crippen LogP contribution is 2.30. The van der Waals surface area contributed by atoms with Crippen LogP contribution in [0.4, 0.5) is 5.82 Å². The molecule has 20 heavy (non-hydrogen) atoms. The van der Waals surface area contributed by atoms with Crippen molar-refractivity contribution in [2.45, 2.75) is 46.1 Å². The van der Waals surface area contributed by atoms with Crippen LogP contribution in [0.5, 0.6) is 0 Å². The van der Waals surface area contributed by atoms with Crippen molar-refractivity contribution in [3.05, 3.63) is 30.0 Å². The number of benzene rings is 1. The molecule has 1 heterocycles. The molecule has 0 saturated heterocycles. The summed E-state index contributed by atoms with van der Waals surface area (Å²) in [4.78, 5) is 9.40. The molecule has 0 spiro atoms. The van der Waals surface area contributed by atoms with E-state index in [0.717, 1.165) is 34.4 Å². The molecule has 0 radical (unpaired) electrons. The van der Waals surface area contributed by atoms with Crippen molar-refractivity contribution < 1.29 is 0 Å². The molecule has 2 unspecified atom stereocenters. The van der Waals surface area contributed by atoms with Gasteiger partial charge < -0.3 is 5.32 Å². The molecule has 1 aromatic heterocycles. The van der Waals surface area contributed by atoms with E-state index in [4.69, 9.17) is 4.98 Å². The maximum Gasteiger partial charge on any atom is 0.148 e. The van der Waals surface area contributed by atoms with E-state index in [9.17, 15) is 0 Å². The minimum absolute atomic E-state index is 0.530. The highest BCUT2D eigenvalue weighted by Gasteiger charge is 2.24. The maximum absolute atomic E-state index is 4.75. The Labute approximate surface area is 120 Å². The highest BCUT2D eigenvalue weighted by molar-refractivity contribution is 5.76. The first kappa shape index (κ1) is 13.3. The topological polar surface area (TPSA) is 37.8 Å². The first-order chi connectivity index (χ1) is 9.61. The van der Waals surface area contributed by atoms with Gasteiger partial charge in [-0.3, -0.25) is 0 Å². The first-order valence-electron chi connectivity index (χ1n) is 7.61. The van der Waals surface area contributed by atoms with Gasteiger partial charge in [-0.25, -0.2) is 9.97 Å². The standard InChI is InChI=1S/C17H23N3/c1-11-8-12(2)10-14(9-11)19-17-13(3)18-15-6-4-5-7-16(15)20-17/h4-7,11-12,14H,8-10H2,1-3H3,(H,19,20). The lowest BCUT2D eigenvalue weighted by atomic mass is 9.80. The second-order valence-electron chi connectivity index (χ2n) is 6.41. The van der Waals surface area contributed by atoms with E-state index in [-0.39, 0.29) is 0 Å². The summed E-state index contributed by atoms with van der Waals surface area (Å²) in [7, 11) is 0. The number of rotatable bonds is 2. The minimum atomic E-state index is 0.530. The largest absolute Gasteiger partial charge is 0.366 e. The van der Waals surface area contributed by atoms with Gasteiger partial charge in [0.25, 0.3) is 0 Å². The molecule has 3 rings (SSSR count). The summed E-state index contributed by atoms with van der Waals surface area (Å²) in [6.07, 6.45) is 3.82. The molecule has 0 aliphatic heterocycles. The fourth-order valence-electron chi connectivity index (χ4n) is 3.48. The maximum atomic E-state index is 4.75. The summed E-state index contributed by atoms with van der Waals surface area (Å²) in [5.41, 5.74) is 2.94. The molecule has 3 nitrogen and oxygen atoms in total. The number of nitrogens with zero attached hydrogens (tertiary/aromatic N) is 2. The normalized spacial score (nSPS) is 26.6. The van der Waals surface area contributed by atoms with E-state index in [2.05, 4.69) is 24.1 Å².